The molecule has 0 amide bonds. The second-order valence-electron chi connectivity index (χ2n) is 3.88. The van der Waals surface area contributed by atoms with E-state index in [1.54, 1.807) is 14.5 Å². The molecular formula is C13H27HfO3. The van der Waals surface area contributed by atoms with Crippen LogP contribution in [0.4, 0.5) is 0 Å². The Kier molecular flexibility index (Phi) is 14.9. The fourth-order valence-electron chi connectivity index (χ4n) is 1.59. The maximum Gasteiger partial charge on any atom is 0.0319 e. The van der Waals surface area contributed by atoms with Crippen LogP contribution in [0.1, 0.15) is 34.6 Å². The summed E-state index contributed by atoms with van der Waals surface area (Å²) in [6.45, 7) is 11.5. The molecule has 0 aromatic rings. The summed E-state index contributed by atoms with van der Waals surface area (Å²) in [6, 6.07) is 0. The molecule has 0 atom stereocenters. The van der Waals surface area contributed by atoms with Crippen molar-refractivity contribution in [2.24, 2.45) is 5.41 Å². The minimum Gasteiger partial charge on any atom is -0.400 e. The molecule has 0 fully saturated rings. The van der Waals surface area contributed by atoms with Gasteiger partial charge in [-0.2, -0.15) is 0 Å². The Morgan fingerprint density at radius 2 is 1.06 bits per heavy atom. The minimum atomic E-state index is 0.375. The topological polar surface area (TPSA) is 60.7 Å². The van der Waals surface area contributed by atoms with Gasteiger partial charge in [-0.3, -0.25) is 0 Å². The Morgan fingerprint density at radius 3 is 1.12 bits per heavy atom. The van der Waals surface area contributed by atoms with Gasteiger partial charge in [0.05, 0.1) is 0 Å². The molecule has 0 spiro atoms. The van der Waals surface area contributed by atoms with Crippen LogP contribution in [0.5, 0.6) is 0 Å². The predicted octanol–water partition coefficient (Wildman–Crippen LogP) is 2.01. The van der Waals surface area contributed by atoms with Crippen LogP contribution >= 0.6 is 0 Å². The van der Waals surface area contributed by atoms with Crippen LogP contribution in [-0.4, -0.2) is 36.6 Å². The van der Waals surface area contributed by atoms with E-state index in [1.807, 2.05) is 0 Å². The molecule has 1 aliphatic rings. The average molecular weight is 410 g/mol. The van der Waals surface area contributed by atoms with Crippen LogP contribution in [-0.2, 0) is 24.4 Å². The first kappa shape index (κ1) is 22.4. The summed E-state index contributed by atoms with van der Waals surface area (Å²) in [5.41, 5.74) is 5.03. The first-order chi connectivity index (χ1) is 7.89. The van der Waals surface area contributed by atoms with E-state index >= 15 is 0 Å². The molecule has 3 N–H and O–H groups in total. The quantitative estimate of drug-likeness (QED) is 0.536. The van der Waals surface area contributed by atoms with Gasteiger partial charge in [-0.1, -0.05) is 0 Å². The number of allylic oxidation sites excluding steroid dienone is 4. The standard InChI is InChI=1S/C10H15.3CH4O.Hf/c1-7-6-10(4,5)9(3)8(7)2;3*1-2;/h1-5H3;3*2H,1H3;. The Labute approximate surface area is 121 Å². The van der Waals surface area contributed by atoms with Crippen LogP contribution in [0.3, 0.4) is 0 Å². The summed E-state index contributed by atoms with van der Waals surface area (Å²) in [7, 11) is 3.00. The van der Waals surface area contributed by atoms with Crippen molar-refractivity contribution >= 4 is 0 Å². The smallest absolute Gasteiger partial charge is 0.0319 e. The summed E-state index contributed by atoms with van der Waals surface area (Å²) < 4.78 is 1.67. The molecule has 0 aromatic heterocycles. The molecule has 4 heteroatoms. The van der Waals surface area contributed by atoms with Crippen molar-refractivity contribution in [1.82, 2.24) is 0 Å². The van der Waals surface area contributed by atoms with Crippen molar-refractivity contribution in [1.29, 1.82) is 0 Å². The molecule has 1 rings (SSSR count). The number of hydrogen-bond acceptors (Lipinski definition) is 3. The SMILES string of the molecule is CC1=C(C)C(C)(C)[C]([Hf])=C1C.CO.CO.CO. The second kappa shape index (κ2) is 11.3. The largest absolute Gasteiger partial charge is 0.400 e. The zero-order chi connectivity index (χ0) is 14.8. The van der Waals surface area contributed by atoms with Crippen LogP contribution in [0.15, 0.2) is 20.0 Å². The van der Waals surface area contributed by atoms with Crippen LogP contribution in [0, 0.1) is 5.41 Å². The van der Waals surface area contributed by atoms with Gasteiger partial charge in [0.1, 0.15) is 0 Å². The zero-order valence-corrected chi connectivity index (χ0v) is 15.9. The maximum absolute atomic E-state index is 7.00. The van der Waals surface area contributed by atoms with Crippen molar-refractivity contribution in [2.75, 3.05) is 21.3 Å². The average Bonchev–Trinajstić information content (AvgIpc) is 2.52. The van der Waals surface area contributed by atoms with E-state index in [9.17, 15) is 0 Å². The normalized spacial score (nSPS) is 16.1. The van der Waals surface area contributed by atoms with Crippen molar-refractivity contribution in [2.45, 2.75) is 34.6 Å². The van der Waals surface area contributed by atoms with Gasteiger partial charge in [0.15, 0.2) is 0 Å². The minimum absolute atomic E-state index is 0.375. The monoisotopic (exact) mass is 411 g/mol. The van der Waals surface area contributed by atoms with Crippen LogP contribution in [0.25, 0.3) is 0 Å². The van der Waals surface area contributed by atoms with E-state index in [0.29, 0.717) is 5.41 Å². The Bertz CT molecular complexity index is 240. The van der Waals surface area contributed by atoms with E-state index < -0.39 is 0 Å². The van der Waals surface area contributed by atoms with Gasteiger partial charge < -0.3 is 15.3 Å². The van der Waals surface area contributed by atoms with Gasteiger partial charge in [-0.05, 0) is 0 Å². The number of aliphatic hydroxyl groups is 3. The third kappa shape index (κ3) is 5.60. The summed E-state index contributed by atoms with van der Waals surface area (Å²) in [6.07, 6.45) is 0. The molecular weight excluding hydrogens is 383 g/mol. The third-order valence-electron chi connectivity index (χ3n) is 3.06. The van der Waals surface area contributed by atoms with E-state index in [0.717, 1.165) is 21.3 Å². The van der Waals surface area contributed by atoms with Gasteiger partial charge in [0, 0.05) is 21.3 Å². The fourth-order valence-corrected chi connectivity index (χ4v) is 2.94. The molecule has 0 unspecified atom stereocenters. The van der Waals surface area contributed by atoms with Crippen molar-refractivity contribution in [3.8, 4) is 0 Å². The van der Waals surface area contributed by atoms with E-state index in [2.05, 4.69) is 34.6 Å². The van der Waals surface area contributed by atoms with Gasteiger partial charge in [-0.25, -0.2) is 0 Å². The van der Waals surface area contributed by atoms with Crippen molar-refractivity contribution in [3.63, 3.8) is 0 Å². The van der Waals surface area contributed by atoms with E-state index in [1.165, 1.54) is 29.9 Å². The molecule has 0 heterocycles. The summed E-state index contributed by atoms with van der Waals surface area (Å²) in [4.78, 5) is 0. The Balaban J connectivity index is -0.000000285. The van der Waals surface area contributed by atoms with Gasteiger partial charge in [0.2, 0.25) is 0 Å². The number of aliphatic hydroxyl groups excluding tert-OH is 3. The first-order valence-electron chi connectivity index (χ1n) is 5.34. The van der Waals surface area contributed by atoms with Crippen molar-refractivity contribution in [3.05, 3.63) is 20.0 Å². The molecule has 0 saturated heterocycles. The number of rotatable bonds is 0. The maximum atomic E-state index is 7.00. The summed E-state index contributed by atoms with van der Waals surface area (Å²) >= 11 is 1.21. The third-order valence-corrected chi connectivity index (χ3v) is 6.66. The van der Waals surface area contributed by atoms with Crippen LogP contribution in [0.2, 0.25) is 0 Å². The number of hydrogen-bond donors (Lipinski definition) is 3. The molecule has 3 nitrogen and oxygen atoms in total. The molecule has 0 saturated carbocycles. The first-order valence-corrected chi connectivity index (χ1v) is 7.14. The van der Waals surface area contributed by atoms with Gasteiger partial charge in [-0.15, -0.1) is 0 Å². The van der Waals surface area contributed by atoms with Gasteiger partial charge >= 0.3 is 84.5 Å². The fraction of sp³-hybridized carbons (Fsp3) is 0.692. The second-order valence-corrected chi connectivity index (χ2v) is 5.67. The Morgan fingerprint density at radius 1 is 0.765 bits per heavy atom. The molecule has 0 bridgehead atoms. The van der Waals surface area contributed by atoms with E-state index in [4.69, 9.17) is 15.3 Å². The van der Waals surface area contributed by atoms with Crippen molar-refractivity contribution < 1.29 is 39.7 Å². The molecule has 0 aromatic carbocycles. The predicted molar refractivity (Wildman–Crippen MR) is 69.3 cm³/mol. The van der Waals surface area contributed by atoms with Crippen LogP contribution < -0.4 is 0 Å². The molecule has 0 radical (unpaired) electrons. The molecule has 1 aliphatic carbocycles. The molecule has 17 heavy (non-hydrogen) atoms. The molecule has 0 aliphatic heterocycles. The zero-order valence-electron chi connectivity index (χ0n) is 12.3. The van der Waals surface area contributed by atoms with Gasteiger partial charge in [0.25, 0.3) is 0 Å². The molecule has 101 valence electrons. The Hall–Kier alpha value is 0.230. The summed E-state index contributed by atoms with van der Waals surface area (Å²) in [5, 5.41) is 21.0. The van der Waals surface area contributed by atoms with E-state index in [-0.39, 0.29) is 0 Å². The summed E-state index contributed by atoms with van der Waals surface area (Å²) in [5.74, 6) is 0.